The number of aryl methyl sites for hydroxylation is 1. The average Bonchev–Trinajstić information content (AvgIpc) is 3.24. The van der Waals surface area contributed by atoms with Gasteiger partial charge in [-0.1, -0.05) is 17.7 Å². The van der Waals surface area contributed by atoms with Gasteiger partial charge in [-0.25, -0.2) is 4.98 Å². The summed E-state index contributed by atoms with van der Waals surface area (Å²) in [6.07, 6.45) is 5.39. The summed E-state index contributed by atoms with van der Waals surface area (Å²) in [4.78, 5) is 35.2. The van der Waals surface area contributed by atoms with Crippen molar-refractivity contribution in [1.29, 1.82) is 0 Å². The van der Waals surface area contributed by atoms with E-state index in [9.17, 15) is 9.59 Å². The molecule has 2 fully saturated rings. The van der Waals surface area contributed by atoms with Crippen LogP contribution in [0.2, 0.25) is 5.02 Å². The van der Waals surface area contributed by atoms with Gasteiger partial charge >= 0.3 is 0 Å². The van der Waals surface area contributed by atoms with Crippen LogP contribution in [0.3, 0.4) is 0 Å². The molecule has 4 rings (SSSR count). The zero-order valence-electron chi connectivity index (χ0n) is 18.5. The number of aromatic nitrogens is 1. The third-order valence-corrected chi connectivity index (χ3v) is 7.62. The first-order chi connectivity index (χ1) is 15.5. The van der Waals surface area contributed by atoms with E-state index in [1.165, 1.54) is 17.8 Å². The van der Waals surface area contributed by atoms with Crippen LogP contribution in [0.1, 0.15) is 53.9 Å². The van der Waals surface area contributed by atoms with Gasteiger partial charge in [-0.05, 0) is 57.2 Å². The third kappa shape index (κ3) is 5.44. The lowest BCUT2D eigenvalue weighted by molar-refractivity contribution is -0.136. The van der Waals surface area contributed by atoms with Crippen molar-refractivity contribution in [3.05, 3.63) is 45.4 Å². The third-order valence-electron chi connectivity index (χ3n) is 6.46. The maximum atomic E-state index is 13.2. The van der Waals surface area contributed by atoms with Crippen LogP contribution in [0.25, 0.3) is 0 Å². The van der Waals surface area contributed by atoms with E-state index >= 15 is 0 Å². The second-order valence-corrected chi connectivity index (χ2v) is 10.3. The van der Waals surface area contributed by atoms with Crippen molar-refractivity contribution in [3.8, 4) is 5.75 Å². The zero-order valence-corrected chi connectivity index (χ0v) is 20.1. The molecule has 172 valence electrons. The highest BCUT2D eigenvalue weighted by Gasteiger charge is 2.41. The summed E-state index contributed by atoms with van der Waals surface area (Å²) in [6.45, 7) is 5.08. The van der Waals surface area contributed by atoms with Gasteiger partial charge < -0.3 is 14.5 Å². The van der Waals surface area contributed by atoms with Gasteiger partial charge in [0.05, 0.1) is 17.8 Å². The molecule has 2 aromatic rings. The number of piperidine rings is 2. The van der Waals surface area contributed by atoms with Gasteiger partial charge in [0, 0.05) is 43.0 Å². The highest BCUT2D eigenvalue weighted by Crippen LogP contribution is 2.37. The maximum absolute atomic E-state index is 13.2. The zero-order chi connectivity index (χ0) is 22.6. The van der Waals surface area contributed by atoms with Crippen LogP contribution in [-0.2, 0) is 4.79 Å². The Balaban J connectivity index is 1.53. The summed E-state index contributed by atoms with van der Waals surface area (Å²) >= 11 is 7.50. The van der Waals surface area contributed by atoms with E-state index in [-0.39, 0.29) is 11.8 Å². The van der Waals surface area contributed by atoms with Gasteiger partial charge in [0.25, 0.3) is 5.91 Å². The number of amides is 2. The van der Waals surface area contributed by atoms with Crippen LogP contribution in [0, 0.1) is 12.3 Å². The summed E-state index contributed by atoms with van der Waals surface area (Å²) in [5.74, 6) is 0.856. The minimum Gasteiger partial charge on any atom is -0.493 e. The molecule has 1 atom stereocenters. The van der Waals surface area contributed by atoms with E-state index < -0.39 is 5.41 Å². The Morgan fingerprint density at radius 2 is 1.94 bits per heavy atom. The number of carbonyl (C=O) groups excluding carboxylic acids is 2. The molecule has 0 spiro atoms. The van der Waals surface area contributed by atoms with Gasteiger partial charge in [0.1, 0.15) is 10.6 Å². The van der Waals surface area contributed by atoms with Crippen LogP contribution in [0.15, 0.2) is 29.8 Å². The number of ether oxygens (including phenoxy) is 1. The summed E-state index contributed by atoms with van der Waals surface area (Å²) in [7, 11) is 0. The van der Waals surface area contributed by atoms with Crippen LogP contribution < -0.4 is 4.74 Å². The minimum atomic E-state index is -0.427. The van der Waals surface area contributed by atoms with Gasteiger partial charge in [0.2, 0.25) is 5.91 Å². The number of hydrogen-bond acceptors (Lipinski definition) is 5. The van der Waals surface area contributed by atoms with Crippen molar-refractivity contribution in [2.75, 3.05) is 32.8 Å². The lowest BCUT2D eigenvalue weighted by atomic mass is 9.77. The van der Waals surface area contributed by atoms with Crippen molar-refractivity contribution >= 4 is 34.8 Å². The van der Waals surface area contributed by atoms with Crippen molar-refractivity contribution < 1.29 is 14.3 Å². The van der Waals surface area contributed by atoms with Crippen molar-refractivity contribution in [3.63, 3.8) is 0 Å². The van der Waals surface area contributed by atoms with E-state index in [1.807, 2.05) is 34.9 Å². The lowest BCUT2D eigenvalue weighted by Crippen LogP contribution is -2.51. The Labute approximate surface area is 198 Å². The molecule has 0 unspecified atom stereocenters. The molecule has 6 nitrogen and oxygen atoms in total. The first-order valence-electron chi connectivity index (χ1n) is 11.3. The van der Waals surface area contributed by atoms with E-state index in [2.05, 4.69) is 4.98 Å². The first kappa shape index (κ1) is 23.1. The van der Waals surface area contributed by atoms with E-state index in [1.54, 1.807) is 11.6 Å². The number of hydrogen-bond donors (Lipinski definition) is 0. The van der Waals surface area contributed by atoms with Crippen LogP contribution in [-0.4, -0.2) is 59.4 Å². The van der Waals surface area contributed by atoms with Crippen molar-refractivity contribution in [2.45, 2.75) is 45.4 Å². The molecule has 2 saturated heterocycles. The predicted molar refractivity (Wildman–Crippen MR) is 126 cm³/mol. The molecule has 0 aliphatic carbocycles. The molecule has 2 aliphatic rings. The molecule has 1 aromatic carbocycles. The van der Waals surface area contributed by atoms with Gasteiger partial charge in [-0.2, -0.15) is 0 Å². The highest BCUT2D eigenvalue weighted by atomic mass is 35.5. The number of likely N-dealkylation sites (tertiary alicyclic amines) is 2. The molecule has 0 radical (unpaired) electrons. The first-order valence-corrected chi connectivity index (χ1v) is 12.6. The molecule has 8 heteroatoms. The molecule has 0 N–H and O–H groups in total. The quantitative estimate of drug-likeness (QED) is 0.601. The number of thiazole rings is 1. The molecule has 1 aromatic heterocycles. The van der Waals surface area contributed by atoms with Crippen molar-refractivity contribution in [2.24, 2.45) is 5.41 Å². The van der Waals surface area contributed by atoms with E-state index in [0.29, 0.717) is 41.8 Å². The molecule has 0 bridgehead atoms. The number of rotatable bonds is 6. The number of nitrogens with zero attached hydrogens (tertiary/aromatic N) is 3. The normalized spacial score (nSPS) is 21.4. The SMILES string of the molecule is Cc1ncsc1C(=O)N1CCC[C@@](COc2cccc(Cl)c2)(CC(=O)N2CCCCC2)C1. The predicted octanol–water partition coefficient (Wildman–Crippen LogP) is 4.81. The van der Waals surface area contributed by atoms with Gasteiger partial charge in [-0.3, -0.25) is 9.59 Å². The Bertz CT molecular complexity index is 959. The Morgan fingerprint density at radius 1 is 1.16 bits per heavy atom. The highest BCUT2D eigenvalue weighted by molar-refractivity contribution is 7.11. The van der Waals surface area contributed by atoms with Crippen LogP contribution >= 0.6 is 22.9 Å². The Kier molecular flexibility index (Phi) is 7.36. The van der Waals surface area contributed by atoms with E-state index in [0.717, 1.165) is 44.5 Å². The summed E-state index contributed by atoms with van der Waals surface area (Å²) in [5, 5.41) is 0.613. The Morgan fingerprint density at radius 3 is 2.66 bits per heavy atom. The number of benzene rings is 1. The fourth-order valence-corrected chi connectivity index (χ4v) is 5.66. The Hall–Kier alpha value is -2.12. The van der Waals surface area contributed by atoms with Gasteiger partial charge in [-0.15, -0.1) is 11.3 Å². The fraction of sp³-hybridized carbons (Fsp3) is 0.542. The molecule has 2 amide bonds. The summed E-state index contributed by atoms with van der Waals surface area (Å²) < 4.78 is 6.16. The molecular formula is C24H30ClN3O3S. The molecule has 32 heavy (non-hydrogen) atoms. The molecule has 0 saturated carbocycles. The lowest BCUT2D eigenvalue weighted by Gasteiger charge is -2.43. The van der Waals surface area contributed by atoms with Crippen molar-refractivity contribution in [1.82, 2.24) is 14.8 Å². The molecule has 2 aliphatic heterocycles. The topological polar surface area (TPSA) is 62.7 Å². The molecule has 3 heterocycles. The minimum absolute atomic E-state index is 0.00209. The number of halogens is 1. The van der Waals surface area contributed by atoms with Crippen LogP contribution in [0.4, 0.5) is 0 Å². The molecular weight excluding hydrogens is 446 g/mol. The second kappa shape index (κ2) is 10.2. The monoisotopic (exact) mass is 475 g/mol. The fourth-order valence-electron chi connectivity index (χ4n) is 4.71. The maximum Gasteiger partial charge on any atom is 0.265 e. The smallest absolute Gasteiger partial charge is 0.265 e. The summed E-state index contributed by atoms with van der Waals surface area (Å²) in [6, 6.07) is 7.32. The van der Waals surface area contributed by atoms with Crippen LogP contribution in [0.5, 0.6) is 5.75 Å². The average molecular weight is 476 g/mol. The standard InChI is InChI=1S/C24H30ClN3O3S/c1-18-22(32-17-26-18)23(30)28-12-6-9-24(15-28,14-21(29)27-10-3-2-4-11-27)16-31-20-8-5-7-19(25)13-20/h5,7-8,13,17H,2-4,6,9-12,14-16H2,1H3/t24-/m1/s1. The van der Waals surface area contributed by atoms with E-state index in [4.69, 9.17) is 16.3 Å². The summed E-state index contributed by atoms with van der Waals surface area (Å²) in [5.41, 5.74) is 2.04. The number of carbonyl (C=O) groups is 2. The second-order valence-electron chi connectivity index (χ2n) is 8.96. The van der Waals surface area contributed by atoms with Gasteiger partial charge in [0.15, 0.2) is 0 Å². The largest absolute Gasteiger partial charge is 0.493 e.